The lowest BCUT2D eigenvalue weighted by Crippen LogP contribution is -2.30. The number of benzene rings is 1. The smallest absolute Gasteiger partial charge is 0.228 e. The van der Waals surface area contributed by atoms with Crippen LogP contribution in [0, 0.1) is 11.8 Å². The SMILES string of the molecule is CCN(CC)c1ccc(NC(=O)C(CN)CC(C)C)cc1. The fourth-order valence-corrected chi connectivity index (χ4v) is 2.47. The summed E-state index contributed by atoms with van der Waals surface area (Å²) in [5, 5.41) is 2.96. The first-order valence-corrected chi connectivity index (χ1v) is 7.87. The summed E-state index contributed by atoms with van der Waals surface area (Å²) in [7, 11) is 0. The zero-order valence-electron chi connectivity index (χ0n) is 13.7. The minimum Gasteiger partial charge on any atom is -0.372 e. The summed E-state index contributed by atoms with van der Waals surface area (Å²) in [5.74, 6) is 0.364. The number of rotatable bonds is 8. The predicted octanol–water partition coefficient (Wildman–Crippen LogP) is 3.09. The van der Waals surface area contributed by atoms with E-state index in [-0.39, 0.29) is 11.8 Å². The molecule has 0 spiro atoms. The first-order chi connectivity index (χ1) is 10.0. The highest BCUT2D eigenvalue weighted by Crippen LogP contribution is 2.19. The number of nitrogens with one attached hydrogen (secondary N) is 1. The van der Waals surface area contributed by atoms with E-state index in [9.17, 15) is 4.79 Å². The van der Waals surface area contributed by atoms with E-state index in [4.69, 9.17) is 5.73 Å². The van der Waals surface area contributed by atoms with E-state index < -0.39 is 0 Å². The number of nitrogens with two attached hydrogens (primary N) is 1. The second-order valence-corrected chi connectivity index (χ2v) is 5.77. The Morgan fingerprint density at radius 1 is 1.19 bits per heavy atom. The third-order valence-electron chi connectivity index (χ3n) is 3.67. The van der Waals surface area contributed by atoms with Crippen molar-refractivity contribution in [1.82, 2.24) is 0 Å². The Hall–Kier alpha value is -1.55. The summed E-state index contributed by atoms with van der Waals surface area (Å²) in [6.07, 6.45) is 0.819. The lowest BCUT2D eigenvalue weighted by atomic mass is 9.96. The maximum atomic E-state index is 12.2. The summed E-state index contributed by atoms with van der Waals surface area (Å²) >= 11 is 0. The molecular formula is C17H29N3O. The van der Waals surface area contributed by atoms with Gasteiger partial charge in [0.15, 0.2) is 0 Å². The zero-order chi connectivity index (χ0) is 15.8. The van der Waals surface area contributed by atoms with Gasteiger partial charge in [-0.3, -0.25) is 4.79 Å². The molecule has 0 aliphatic carbocycles. The molecule has 118 valence electrons. The maximum absolute atomic E-state index is 12.2. The molecule has 21 heavy (non-hydrogen) atoms. The molecule has 4 heteroatoms. The number of anilines is 2. The molecule has 0 saturated carbocycles. The molecule has 0 radical (unpaired) electrons. The summed E-state index contributed by atoms with van der Waals surface area (Å²) in [4.78, 5) is 14.5. The van der Waals surface area contributed by atoms with Crippen LogP contribution in [0.15, 0.2) is 24.3 Å². The van der Waals surface area contributed by atoms with Gasteiger partial charge in [0.2, 0.25) is 5.91 Å². The molecule has 3 N–H and O–H groups in total. The molecule has 1 aromatic carbocycles. The van der Waals surface area contributed by atoms with Crippen LogP contribution in [-0.4, -0.2) is 25.5 Å². The fourth-order valence-electron chi connectivity index (χ4n) is 2.47. The Morgan fingerprint density at radius 2 is 1.76 bits per heavy atom. The maximum Gasteiger partial charge on any atom is 0.228 e. The van der Waals surface area contributed by atoms with Crippen LogP contribution >= 0.6 is 0 Å². The van der Waals surface area contributed by atoms with Gasteiger partial charge in [-0.1, -0.05) is 13.8 Å². The van der Waals surface area contributed by atoms with Crippen LogP contribution in [0.2, 0.25) is 0 Å². The monoisotopic (exact) mass is 291 g/mol. The van der Waals surface area contributed by atoms with Crippen LogP contribution in [0.5, 0.6) is 0 Å². The van der Waals surface area contributed by atoms with Crippen LogP contribution in [0.4, 0.5) is 11.4 Å². The average molecular weight is 291 g/mol. The minimum absolute atomic E-state index is 0.0155. The van der Waals surface area contributed by atoms with Gasteiger partial charge in [-0.15, -0.1) is 0 Å². The van der Waals surface area contributed by atoms with E-state index in [1.54, 1.807) is 0 Å². The van der Waals surface area contributed by atoms with Gasteiger partial charge < -0.3 is 16.0 Å². The highest BCUT2D eigenvalue weighted by atomic mass is 16.1. The second-order valence-electron chi connectivity index (χ2n) is 5.77. The molecule has 0 aliphatic rings. The lowest BCUT2D eigenvalue weighted by Gasteiger charge is -2.21. The Labute approximate surface area is 128 Å². The highest BCUT2D eigenvalue weighted by molar-refractivity contribution is 5.92. The number of carbonyl (C=O) groups excluding carboxylic acids is 1. The molecule has 1 amide bonds. The molecule has 1 aromatic rings. The van der Waals surface area contributed by atoms with Gasteiger partial charge in [0.05, 0.1) is 5.92 Å². The molecule has 0 aliphatic heterocycles. The van der Waals surface area contributed by atoms with E-state index >= 15 is 0 Å². The van der Waals surface area contributed by atoms with Crippen LogP contribution in [0.1, 0.15) is 34.1 Å². The van der Waals surface area contributed by atoms with Gasteiger partial charge in [0.1, 0.15) is 0 Å². The zero-order valence-corrected chi connectivity index (χ0v) is 13.7. The van der Waals surface area contributed by atoms with E-state index in [1.165, 1.54) is 5.69 Å². The van der Waals surface area contributed by atoms with Gasteiger partial charge in [-0.05, 0) is 50.5 Å². The van der Waals surface area contributed by atoms with Crippen molar-refractivity contribution in [3.8, 4) is 0 Å². The van der Waals surface area contributed by atoms with Crippen LogP contribution in [0.3, 0.4) is 0 Å². The normalized spacial score (nSPS) is 12.3. The number of amides is 1. The molecule has 1 rings (SSSR count). The molecular weight excluding hydrogens is 262 g/mol. The second kappa shape index (κ2) is 8.67. The van der Waals surface area contributed by atoms with Gasteiger partial charge >= 0.3 is 0 Å². The van der Waals surface area contributed by atoms with Crippen molar-refractivity contribution in [2.45, 2.75) is 34.1 Å². The Morgan fingerprint density at radius 3 is 2.19 bits per heavy atom. The minimum atomic E-state index is -0.118. The number of hydrogen-bond donors (Lipinski definition) is 2. The van der Waals surface area contributed by atoms with Gasteiger partial charge in [-0.25, -0.2) is 0 Å². The van der Waals surface area contributed by atoms with Crippen LogP contribution < -0.4 is 16.0 Å². The molecule has 1 atom stereocenters. The Bertz CT molecular complexity index is 424. The van der Waals surface area contributed by atoms with E-state index in [2.05, 4.69) is 37.9 Å². The summed E-state index contributed by atoms with van der Waals surface area (Å²) in [5.41, 5.74) is 7.72. The first-order valence-electron chi connectivity index (χ1n) is 7.87. The van der Waals surface area contributed by atoms with Crippen molar-refractivity contribution in [1.29, 1.82) is 0 Å². The summed E-state index contributed by atoms with van der Waals surface area (Å²) in [6.45, 7) is 10.8. The van der Waals surface area contributed by atoms with Crippen LogP contribution in [0.25, 0.3) is 0 Å². The Balaban J connectivity index is 2.68. The third kappa shape index (κ3) is 5.38. The number of carbonyl (C=O) groups is 1. The highest BCUT2D eigenvalue weighted by Gasteiger charge is 2.18. The molecule has 0 fully saturated rings. The van der Waals surface area contributed by atoms with E-state index in [1.807, 2.05) is 24.3 Å². The molecule has 0 saturated heterocycles. The van der Waals surface area contributed by atoms with E-state index in [0.717, 1.165) is 25.2 Å². The van der Waals surface area contributed by atoms with E-state index in [0.29, 0.717) is 12.5 Å². The van der Waals surface area contributed by atoms with Gasteiger partial charge in [0, 0.05) is 31.0 Å². The fraction of sp³-hybridized carbons (Fsp3) is 0.588. The number of nitrogens with zero attached hydrogens (tertiary/aromatic N) is 1. The first kappa shape index (κ1) is 17.5. The van der Waals surface area contributed by atoms with Crippen molar-refractivity contribution in [2.24, 2.45) is 17.6 Å². The third-order valence-corrected chi connectivity index (χ3v) is 3.67. The van der Waals surface area contributed by atoms with Crippen molar-refractivity contribution in [2.75, 3.05) is 29.9 Å². The topological polar surface area (TPSA) is 58.4 Å². The van der Waals surface area contributed by atoms with Crippen molar-refractivity contribution in [3.05, 3.63) is 24.3 Å². The molecule has 0 bridgehead atoms. The molecule has 0 aromatic heterocycles. The van der Waals surface area contributed by atoms with Crippen molar-refractivity contribution < 1.29 is 4.79 Å². The summed E-state index contributed by atoms with van der Waals surface area (Å²) < 4.78 is 0. The van der Waals surface area contributed by atoms with Gasteiger partial charge in [-0.2, -0.15) is 0 Å². The van der Waals surface area contributed by atoms with Crippen LogP contribution in [-0.2, 0) is 4.79 Å². The van der Waals surface area contributed by atoms with Gasteiger partial charge in [0.25, 0.3) is 0 Å². The molecule has 0 heterocycles. The Kier molecular flexibility index (Phi) is 7.23. The number of hydrogen-bond acceptors (Lipinski definition) is 3. The molecule has 1 unspecified atom stereocenters. The summed E-state index contributed by atoms with van der Waals surface area (Å²) in [6, 6.07) is 7.99. The largest absolute Gasteiger partial charge is 0.372 e. The quantitative estimate of drug-likeness (QED) is 0.774. The molecule has 4 nitrogen and oxygen atoms in total. The van der Waals surface area contributed by atoms with Crippen molar-refractivity contribution in [3.63, 3.8) is 0 Å². The standard InChI is InChI=1S/C17H29N3O/c1-5-20(6-2)16-9-7-15(8-10-16)19-17(21)14(12-18)11-13(3)4/h7-10,13-14H,5-6,11-12,18H2,1-4H3,(H,19,21). The van der Waals surface area contributed by atoms with Crippen molar-refractivity contribution >= 4 is 17.3 Å². The predicted molar refractivity (Wildman–Crippen MR) is 90.6 cm³/mol. The lowest BCUT2D eigenvalue weighted by molar-refractivity contribution is -0.120. The average Bonchev–Trinajstić information content (AvgIpc) is 2.47.